The number of nitrogens with one attached hydrogen (secondary N) is 1. The number of carbonyl (C=O) groups is 2. The molecule has 1 aliphatic carbocycles. The molecule has 20 heavy (non-hydrogen) atoms. The van der Waals surface area contributed by atoms with Crippen molar-refractivity contribution in [3.63, 3.8) is 0 Å². The van der Waals surface area contributed by atoms with Gasteiger partial charge in [-0.05, 0) is 43.5 Å². The Bertz CT molecular complexity index is 514. The van der Waals surface area contributed by atoms with E-state index in [2.05, 4.69) is 5.32 Å². The number of ether oxygens (including phenoxy) is 2. The summed E-state index contributed by atoms with van der Waals surface area (Å²) < 4.78 is 10.1. The predicted molar refractivity (Wildman–Crippen MR) is 73.8 cm³/mol. The molecule has 1 aromatic carbocycles. The first-order valence-electron chi connectivity index (χ1n) is 6.38. The number of benzene rings is 1. The number of aryl methyl sites for hydroxylation is 1. The van der Waals surface area contributed by atoms with Gasteiger partial charge in [0, 0.05) is 11.1 Å². The van der Waals surface area contributed by atoms with Crippen LogP contribution in [0.25, 0.3) is 0 Å². The van der Waals surface area contributed by atoms with Crippen LogP contribution in [0.5, 0.6) is 5.75 Å². The largest absolute Gasteiger partial charge is 0.482 e. The maximum absolute atomic E-state index is 11.4. The lowest BCUT2D eigenvalue weighted by Gasteiger charge is -2.09. The van der Waals surface area contributed by atoms with Crippen molar-refractivity contribution in [2.45, 2.75) is 25.8 Å². The molecule has 0 atom stereocenters. The van der Waals surface area contributed by atoms with Crippen molar-refractivity contribution < 1.29 is 19.1 Å². The van der Waals surface area contributed by atoms with Crippen LogP contribution in [0.2, 0.25) is 5.02 Å². The molecule has 0 bridgehead atoms. The molecule has 2 rings (SSSR count). The van der Waals surface area contributed by atoms with Crippen LogP contribution in [0.3, 0.4) is 0 Å². The topological polar surface area (TPSA) is 64.6 Å². The van der Waals surface area contributed by atoms with Crippen LogP contribution in [0.4, 0.5) is 0 Å². The molecule has 0 spiro atoms. The van der Waals surface area contributed by atoms with Gasteiger partial charge in [0.2, 0.25) is 0 Å². The van der Waals surface area contributed by atoms with Crippen LogP contribution in [-0.4, -0.2) is 31.1 Å². The van der Waals surface area contributed by atoms with Crippen molar-refractivity contribution in [1.29, 1.82) is 0 Å². The van der Waals surface area contributed by atoms with Crippen LogP contribution < -0.4 is 10.1 Å². The molecule has 1 aliphatic rings. The van der Waals surface area contributed by atoms with Gasteiger partial charge in [-0.3, -0.25) is 4.79 Å². The van der Waals surface area contributed by atoms with Gasteiger partial charge in [0.25, 0.3) is 5.91 Å². The molecule has 1 fully saturated rings. The standard InChI is InChI=1S/C14H16ClNO4/c1-9-6-10(15)2-5-12(9)19-8-14(18)20-7-13(17)16-11-3-4-11/h2,5-6,11H,3-4,7-8H2,1H3,(H,16,17). The van der Waals surface area contributed by atoms with E-state index in [1.807, 2.05) is 6.92 Å². The van der Waals surface area contributed by atoms with Crippen LogP contribution >= 0.6 is 11.6 Å². The highest BCUT2D eigenvalue weighted by Crippen LogP contribution is 2.21. The van der Waals surface area contributed by atoms with Crippen LogP contribution in [0, 0.1) is 6.92 Å². The van der Waals surface area contributed by atoms with Crippen molar-refractivity contribution in [2.75, 3.05) is 13.2 Å². The van der Waals surface area contributed by atoms with E-state index in [4.69, 9.17) is 21.1 Å². The van der Waals surface area contributed by atoms with Gasteiger partial charge in [-0.1, -0.05) is 11.6 Å². The molecule has 1 saturated carbocycles. The quantitative estimate of drug-likeness (QED) is 0.814. The van der Waals surface area contributed by atoms with Gasteiger partial charge < -0.3 is 14.8 Å². The molecule has 6 heteroatoms. The summed E-state index contributed by atoms with van der Waals surface area (Å²) in [5, 5.41) is 3.33. The zero-order valence-electron chi connectivity index (χ0n) is 11.1. The van der Waals surface area contributed by atoms with Crippen molar-refractivity contribution in [1.82, 2.24) is 5.32 Å². The maximum Gasteiger partial charge on any atom is 0.344 e. The zero-order chi connectivity index (χ0) is 14.5. The van der Waals surface area contributed by atoms with Gasteiger partial charge in [-0.2, -0.15) is 0 Å². The third-order valence-electron chi connectivity index (χ3n) is 2.79. The summed E-state index contributed by atoms with van der Waals surface area (Å²) in [6.45, 7) is 1.33. The molecule has 5 nitrogen and oxygen atoms in total. The zero-order valence-corrected chi connectivity index (χ0v) is 11.9. The number of esters is 1. The van der Waals surface area contributed by atoms with Crippen LogP contribution in [0.1, 0.15) is 18.4 Å². The van der Waals surface area contributed by atoms with Gasteiger partial charge >= 0.3 is 5.97 Å². The number of hydrogen-bond donors (Lipinski definition) is 1. The van der Waals surface area contributed by atoms with E-state index in [1.165, 1.54) is 0 Å². The summed E-state index contributed by atoms with van der Waals surface area (Å²) in [7, 11) is 0. The molecule has 0 radical (unpaired) electrons. The number of halogens is 1. The lowest BCUT2D eigenvalue weighted by atomic mass is 10.2. The molecule has 1 aromatic rings. The van der Waals surface area contributed by atoms with Crippen LogP contribution in [0.15, 0.2) is 18.2 Å². The first-order valence-corrected chi connectivity index (χ1v) is 6.76. The van der Waals surface area contributed by atoms with E-state index in [0.717, 1.165) is 18.4 Å². The fourth-order valence-electron chi connectivity index (χ4n) is 1.60. The van der Waals surface area contributed by atoms with E-state index in [9.17, 15) is 9.59 Å². The van der Waals surface area contributed by atoms with E-state index in [-0.39, 0.29) is 25.2 Å². The predicted octanol–water partition coefficient (Wildman–Crippen LogP) is 1.85. The van der Waals surface area contributed by atoms with Crippen LogP contribution in [-0.2, 0) is 14.3 Å². The summed E-state index contributed by atoms with van der Waals surface area (Å²) >= 11 is 5.82. The van der Waals surface area contributed by atoms with E-state index in [0.29, 0.717) is 10.8 Å². The fraction of sp³-hybridized carbons (Fsp3) is 0.429. The van der Waals surface area contributed by atoms with Crippen molar-refractivity contribution in [3.8, 4) is 5.75 Å². The Morgan fingerprint density at radius 2 is 2.10 bits per heavy atom. The molecular formula is C14H16ClNO4. The average molecular weight is 298 g/mol. The Kier molecular flexibility index (Phi) is 4.84. The smallest absolute Gasteiger partial charge is 0.344 e. The van der Waals surface area contributed by atoms with Crippen molar-refractivity contribution in [3.05, 3.63) is 28.8 Å². The van der Waals surface area contributed by atoms with Gasteiger partial charge in [-0.25, -0.2) is 4.79 Å². The van der Waals surface area contributed by atoms with E-state index in [1.54, 1.807) is 18.2 Å². The monoisotopic (exact) mass is 297 g/mol. The number of amides is 1. The molecule has 0 heterocycles. The van der Waals surface area contributed by atoms with Gasteiger partial charge in [0.1, 0.15) is 5.75 Å². The van der Waals surface area contributed by atoms with Gasteiger partial charge in [0.05, 0.1) is 0 Å². The van der Waals surface area contributed by atoms with E-state index < -0.39 is 5.97 Å². The molecule has 1 N–H and O–H groups in total. The average Bonchev–Trinajstić information content (AvgIpc) is 3.19. The Balaban J connectivity index is 1.70. The Morgan fingerprint density at radius 3 is 2.75 bits per heavy atom. The third-order valence-corrected chi connectivity index (χ3v) is 3.02. The van der Waals surface area contributed by atoms with E-state index >= 15 is 0 Å². The number of hydrogen-bond acceptors (Lipinski definition) is 4. The molecule has 0 aromatic heterocycles. The minimum Gasteiger partial charge on any atom is -0.482 e. The highest BCUT2D eigenvalue weighted by Gasteiger charge is 2.23. The Hall–Kier alpha value is -1.75. The molecule has 0 unspecified atom stereocenters. The molecule has 0 aliphatic heterocycles. The summed E-state index contributed by atoms with van der Waals surface area (Å²) in [5.41, 5.74) is 0.830. The summed E-state index contributed by atoms with van der Waals surface area (Å²) in [4.78, 5) is 22.8. The second kappa shape index (κ2) is 6.61. The second-order valence-electron chi connectivity index (χ2n) is 4.70. The van der Waals surface area contributed by atoms with Gasteiger partial charge in [0.15, 0.2) is 13.2 Å². The Morgan fingerprint density at radius 1 is 1.35 bits per heavy atom. The highest BCUT2D eigenvalue weighted by atomic mass is 35.5. The lowest BCUT2D eigenvalue weighted by molar-refractivity contribution is -0.150. The molecular weight excluding hydrogens is 282 g/mol. The number of rotatable bonds is 6. The molecule has 1 amide bonds. The number of carbonyl (C=O) groups excluding carboxylic acids is 2. The Labute approximate surface area is 122 Å². The summed E-state index contributed by atoms with van der Waals surface area (Å²) in [5.74, 6) is -0.289. The first-order chi connectivity index (χ1) is 9.54. The maximum atomic E-state index is 11.4. The van der Waals surface area contributed by atoms with Crippen molar-refractivity contribution >= 4 is 23.5 Å². The fourth-order valence-corrected chi connectivity index (χ4v) is 1.82. The molecule has 108 valence electrons. The minimum absolute atomic E-state index is 0.237. The second-order valence-corrected chi connectivity index (χ2v) is 5.14. The minimum atomic E-state index is -0.578. The lowest BCUT2D eigenvalue weighted by Crippen LogP contribution is -2.31. The SMILES string of the molecule is Cc1cc(Cl)ccc1OCC(=O)OCC(=O)NC1CC1. The summed E-state index contributed by atoms with van der Waals surface area (Å²) in [6, 6.07) is 5.36. The summed E-state index contributed by atoms with van der Waals surface area (Å²) in [6.07, 6.45) is 2.00. The normalized spacial score (nSPS) is 13.7. The molecule has 0 saturated heterocycles. The first kappa shape index (κ1) is 14.7. The highest BCUT2D eigenvalue weighted by molar-refractivity contribution is 6.30. The van der Waals surface area contributed by atoms with Gasteiger partial charge in [-0.15, -0.1) is 0 Å². The third kappa shape index (κ3) is 4.74. The van der Waals surface area contributed by atoms with Crippen molar-refractivity contribution in [2.24, 2.45) is 0 Å².